The van der Waals surface area contributed by atoms with Gasteiger partial charge in [0.2, 0.25) is 6.41 Å². The number of hydrogen-bond acceptors (Lipinski definition) is 5. The molecule has 86 valence electrons. The van der Waals surface area contributed by atoms with Gasteiger partial charge in [-0.2, -0.15) is 0 Å². The molecule has 0 fully saturated rings. The first kappa shape index (κ1) is 11.9. The molecule has 0 aliphatic heterocycles. The average Bonchev–Trinajstić information content (AvgIpc) is 2.27. The topological polar surface area (TPSA) is 104 Å². The van der Waals surface area contributed by atoms with Crippen molar-refractivity contribution in [2.24, 2.45) is 0 Å². The van der Waals surface area contributed by atoms with Gasteiger partial charge in [0, 0.05) is 18.7 Å². The van der Waals surface area contributed by atoms with E-state index in [1.165, 1.54) is 18.2 Å². The van der Waals surface area contributed by atoms with E-state index in [4.69, 9.17) is 5.11 Å². The van der Waals surface area contributed by atoms with Crippen molar-refractivity contribution in [3.05, 3.63) is 28.3 Å². The van der Waals surface area contributed by atoms with E-state index < -0.39 is 4.92 Å². The van der Waals surface area contributed by atoms with Gasteiger partial charge in [-0.3, -0.25) is 14.9 Å². The summed E-state index contributed by atoms with van der Waals surface area (Å²) in [6, 6.07) is 4.03. The standard InChI is InChI=1S/C9H11N3O4/c13-4-3-10-8-2-1-7(12(15)16)5-9(8)11-6-14/h1-2,5-6,10,13H,3-4H2,(H,11,14). The fourth-order valence-electron chi connectivity index (χ4n) is 1.17. The van der Waals surface area contributed by atoms with E-state index >= 15 is 0 Å². The predicted octanol–water partition coefficient (Wildman–Crippen LogP) is 0.567. The number of aliphatic hydroxyl groups excluding tert-OH is 1. The second-order valence-electron chi connectivity index (χ2n) is 2.90. The second kappa shape index (κ2) is 5.66. The lowest BCUT2D eigenvalue weighted by Gasteiger charge is -2.09. The Morgan fingerprint density at radius 2 is 2.19 bits per heavy atom. The van der Waals surface area contributed by atoms with Crippen LogP contribution in [0.25, 0.3) is 0 Å². The molecule has 0 bridgehead atoms. The molecule has 0 aliphatic rings. The number of benzene rings is 1. The number of anilines is 2. The Bertz CT molecular complexity index is 394. The largest absolute Gasteiger partial charge is 0.395 e. The summed E-state index contributed by atoms with van der Waals surface area (Å²) in [4.78, 5) is 20.3. The molecule has 0 saturated carbocycles. The Balaban J connectivity index is 2.98. The Morgan fingerprint density at radius 3 is 2.75 bits per heavy atom. The van der Waals surface area contributed by atoms with Crippen LogP contribution in [-0.4, -0.2) is 29.6 Å². The highest BCUT2D eigenvalue weighted by Gasteiger charge is 2.09. The highest BCUT2D eigenvalue weighted by molar-refractivity contribution is 5.82. The first-order valence-corrected chi connectivity index (χ1v) is 4.52. The van der Waals surface area contributed by atoms with E-state index in [9.17, 15) is 14.9 Å². The van der Waals surface area contributed by atoms with Gasteiger partial charge in [0.1, 0.15) is 0 Å². The second-order valence-corrected chi connectivity index (χ2v) is 2.90. The monoisotopic (exact) mass is 225 g/mol. The zero-order valence-corrected chi connectivity index (χ0v) is 8.34. The van der Waals surface area contributed by atoms with Crippen LogP contribution in [0.3, 0.4) is 0 Å². The molecule has 1 rings (SSSR count). The normalized spacial score (nSPS) is 9.56. The van der Waals surface area contributed by atoms with Crippen LogP contribution in [0.4, 0.5) is 17.1 Å². The van der Waals surface area contributed by atoms with Crippen LogP contribution in [0.2, 0.25) is 0 Å². The third-order valence-electron chi connectivity index (χ3n) is 1.86. The molecular formula is C9H11N3O4. The maximum atomic E-state index is 10.5. The van der Waals surface area contributed by atoms with Gasteiger partial charge in [0.05, 0.1) is 22.9 Å². The fourth-order valence-corrected chi connectivity index (χ4v) is 1.17. The number of aliphatic hydroxyl groups is 1. The van der Waals surface area contributed by atoms with E-state index in [1.807, 2.05) is 0 Å². The molecule has 16 heavy (non-hydrogen) atoms. The number of nitro benzene ring substituents is 1. The van der Waals surface area contributed by atoms with Crippen LogP contribution in [0.1, 0.15) is 0 Å². The van der Waals surface area contributed by atoms with Crippen molar-refractivity contribution in [3.63, 3.8) is 0 Å². The van der Waals surface area contributed by atoms with Crippen molar-refractivity contribution >= 4 is 23.5 Å². The van der Waals surface area contributed by atoms with Crippen LogP contribution >= 0.6 is 0 Å². The molecule has 0 radical (unpaired) electrons. The Morgan fingerprint density at radius 1 is 1.44 bits per heavy atom. The highest BCUT2D eigenvalue weighted by atomic mass is 16.6. The number of carbonyl (C=O) groups is 1. The summed E-state index contributed by atoms with van der Waals surface area (Å²) in [5, 5.41) is 24.3. The highest BCUT2D eigenvalue weighted by Crippen LogP contribution is 2.26. The Kier molecular flexibility index (Phi) is 4.22. The molecule has 1 amide bonds. The summed E-state index contributed by atoms with van der Waals surface area (Å²) in [6.45, 7) is 0.225. The van der Waals surface area contributed by atoms with Gasteiger partial charge in [-0.15, -0.1) is 0 Å². The summed E-state index contributed by atoms with van der Waals surface area (Å²) in [6.07, 6.45) is 0.434. The van der Waals surface area contributed by atoms with Crippen molar-refractivity contribution in [2.45, 2.75) is 0 Å². The van der Waals surface area contributed by atoms with E-state index in [0.717, 1.165) is 0 Å². The molecule has 1 aromatic carbocycles. The lowest BCUT2D eigenvalue weighted by Crippen LogP contribution is -2.08. The number of rotatable bonds is 6. The SMILES string of the molecule is O=CNc1cc([N+](=O)[O-])ccc1NCCO. The van der Waals surface area contributed by atoms with Crippen LogP contribution in [0.5, 0.6) is 0 Å². The van der Waals surface area contributed by atoms with Crippen molar-refractivity contribution in [1.29, 1.82) is 0 Å². The zero-order valence-electron chi connectivity index (χ0n) is 8.34. The minimum Gasteiger partial charge on any atom is -0.395 e. The molecule has 0 heterocycles. The molecule has 0 atom stereocenters. The summed E-state index contributed by atoms with van der Waals surface area (Å²) in [5.41, 5.74) is 0.711. The summed E-state index contributed by atoms with van der Waals surface area (Å²) < 4.78 is 0. The number of hydrogen-bond donors (Lipinski definition) is 3. The molecule has 3 N–H and O–H groups in total. The number of carbonyl (C=O) groups excluding carboxylic acids is 1. The van der Waals surface area contributed by atoms with Crippen molar-refractivity contribution in [1.82, 2.24) is 0 Å². The van der Waals surface area contributed by atoms with E-state index in [-0.39, 0.29) is 12.3 Å². The summed E-state index contributed by atoms with van der Waals surface area (Å²) in [7, 11) is 0. The van der Waals surface area contributed by atoms with E-state index in [1.54, 1.807) is 0 Å². The number of nitrogens with one attached hydrogen (secondary N) is 2. The molecule has 0 saturated heterocycles. The van der Waals surface area contributed by atoms with Gasteiger partial charge in [0.25, 0.3) is 5.69 Å². The van der Waals surface area contributed by atoms with Gasteiger partial charge in [-0.1, -0.05) is 0 Å². The molecule has 0 aromatic heterocycles. The fraction of sp³-hybridized carbons (Fsp3) is 0.222. The molecule has 0 aliphatic carbocycles. The number of amides is 1. The van der Waals surface area contributed by atoms with Gasteiger partial charge in [-0.25, -0.2) is 0 Å². The molecule has 7 nitrogen and oxygen atoms in total. The lowest BCUT2D eigenvalue weighted by molar-refractivity contribution is -0.384. The average molecular weight is 225 g/mol. The van der Waals surface area contributed by atoms with Crippen molar-refractivity contribution in [3.8, 4) is 0 Å². The predicted molar refractivity (Wildman–Crippen MR) is 58.4 cm³/mol. The molecule has 7 heteroatoms. The molecule has 1 aromatic rings. The Labute approximate surface area is 91.2 Å². The van der Waals surface area contributed by atoms with Crippen molar-refractivity contribution in [2.75, 3.05) is 23.8 Å². The maximum absolute atomic E-state index is 10.5. The Hall–Kier alpha value is -2.15. The van der Waals surface area contributed by atoms with Crippen LogP contribution < -0.4 is 10.6 Å². The third-order valence-corrected chi connectivity index (χ3v) is 1.86. The lowest BCUT2D eigenvalue weighted by atomic mass is 10.2. The minimum atomic E-state index is -0.550. The summed E-state index contributed by atoms with van der Waals surface area (Å²) >= 11 is 0. The first-order valence-electron chi connectivity index (χ1n) is 4.52. The van der Waals surface area contributed by atoms with Gasteiger partial charge in [-0.05, 0) is 6.07 Å². The first-order chi connectivity index (χ1) is 7.69. The van der Waals surface area contributed by atoms with Gasteiger partial charge >= 0.3 is 0 Å². The minimum absolute atomic E-state index is 0.0719. The number of nitrogens with zero attached hydrogens (tertiary/aromatic N) is 1. The quantitative estimate of drug-likeness (QED) is 0.373. The van der Waals surface area contributed by atoms with Gasteiger partial charge < -0.3 is 15.7 Å². The van der Waals surface area contributed by atoms with E-state index in [2.05, 4.69) is 10.6 Å². The molecular weight excluding hydrogens is 214 g/mol. The smallest absolute Gasteiger partial charge is 0.271 e. The number of non-ortho nitro benzene ring substituents is 1. The maximum Gasteiger partial charge on any atom is 0.271 e. The molecule has 0 spiro atoms. The van der Waals surface area contributed by atoms with Crippen LogP contribution in [0, 0.1) is 10.1 Å². The van der Waals surface area contributed by atoms with E-state index in [0.29, 0.717) is 24.3 Å². The van der Waals surface area contributed by atoms with Crippen LogP contribution in [-0.2, 0) is 4.79 Å². The number of nitro groups is 1. The van der Waals surface area contributed by atoms with Crippen LogP contribution in [0.15, 0.2) is 18.2 Å². The van der Waals surface area contributed by atoms with Gasteiger partial charge in [0.15, 0.2) is 0 Å². The molecule has 0 unspecified atom stereocenters. The third kappa shape index (κ3) is 2.92. The van der Waals surface area contributed by atoms with Crippen molar-refractivity contribution < 1.29 is 14.8 Å². The zero-order chi connectivity index (χ0) is 12.0. The summed E-state index contributed by atoms with van der Waals surface area (Å²) in [5.74, 6) is 0.